The molecule has 1 aromatic carbocycles. The number of carbonyl (C=O) groups is 3. The molecule has 204 valence electrons. The van der Waals surface area contributed by atoms with E-state index in [0.717, 1.165) is 29.5 Å². The van der Waals surface area contributed by atoms with Crippen LogP contribution in [0.25, 0.3) is 10.2 Å². The van der Waals surface area contributed by atoms with Gasteiger partial charge in [0.2, 0.25) is 11.8 Å². The number of benzene rings is 1. The number of ether oxygens (including phenoxy) is 1. The Hall–Kier alpha value is -3.28. The summed E-state index contributed by atoms with van der Waals surface area (Å²) in [7, 11) is 1.18. The Kier molecular flexibility index (Phi) is 11.1. The van der Waals surface area contributed by atoms with Gasteiger partial charge in [-0.05, 0) is 25.0 Å². The summed E-state index contributed by atoms with van der Waals surface area (Å²) in [5, 5.41) is 12.6. The van der Waals surface area contributed by atoms with Crippen molar-refractivity contribution in [2.24, 2.45) is 0 Å². The molecule has 0 saturated carbocycles. The third-order valence-electron chi connectivity index (χ3n) is 5.77. The fourth-order valence-electron chi connectivity index (χ4n) is 3.88. The highest BCUT2D eigenvalue weighted by Gasteiger charge is 2.22. The van der Waals surface area contributed by atoms with Gasteiger partial charge >= 0.3 is 0 Å². The number of thiazole rings is 1. The summed E-state index contributed by atoms with van der Waals surface area (Å²) in [6.07, 6.45) is 10.7. The van der Waals surface area contributed by atoms with Gasteiger partial charge in [-0.15, -0.1) is 0 Å². The number of carbonyl (C=O) groups excluding carboxylic acids is 3. The van der Waals surface area contributed by atoms with Crippen molar-refractivity contribution < 1.29 is 37.1 Å². The van der Waals surface area contributed by atoms with Crippen molar-refractivity contribution in [2.75, 3.05) is 45.2 Å². The van der Waals surface area contributed by atoms with Crippen LogP contribution in [-0.4, -0.2) is 82.8 Å². The van der Waals surface area contributed by atoms with Crippen molar-refractivity contribution in [1.82, 2.24) is 20.0 Å². The van der Waals surface area contributed by atoms with E-state index in [1.807, 2.05) is 9.80 Å². The van der Waals surface area contributed by atoms with E-state index < -0.39 is 5.91 Å². The van der Waals surface area contributed by atoms with Crippen LogP contribution in [0, 0.1) is 12.5 Å². The van der Waals surface area contributed by atoms with E-state index in [-0.39, 0.29) is 32.9 Å². The lowest BCUT2D eigenvalue weighted by atomic mass is 10.1. The molecule has 2 heterocycles. The number of rotatable bonds is 13. The van der Waals surface area contributed by atoms with Gasteiger partial charge in [0.1, 0.15) is 11.9 Å². The summed E-state index contributed by atoms with van der Waals surface area (Å²) < 4.78 is 5.90. The van der Waals surface area contributed by atoms with Crippen molar-refractivity contribution in [3.05, 3.63) is 18.2 Å². The number of terminal acetylenes is 1. The number of nitrogens with zero attached hydrogens (tertiary/aromatic N) is 4. The van der Waals surface area contributed by atoms with Gasteiger partial charge in [0.15, 0.2) is 5.13 Å². The molecule has 3 amide bonds. The predicted octanol–water partition coefficient (Wildman–Crippen LogP) is 2.89. The van der Waals surface area contributed by atoms with Crippen LogP contribution in [0.4, 0.5) is 5.13 Å². The minimum atomic E-state index is -0.589. The maximum Gasteiger partial charge on any atom is 0.276 e. The summed E-state index contributed by atoms with van der Waals surface area (Å²) in [6.45, 7) is 2.62. The van der Waals surface area contributed by atoms with Crippen LogP contribution in [-0.2, 0) is 24.3 Å². The van der Waals surface area contributed by atoms with Crippen molar-refractivity contribution >= 4 is 44.4 Å². The molecule has 1 aromatic heterocycles. The lowest BCUT2D eigenvalue weighted by molar-refractivity contribution is -0.478. The Labute approximate surface area is 221 Å². The predicted molar refractivity (Wildman–Crippen MR) is 139 cm³/mol. The number of fused-ring (bicyclic) bond motifs is 1. The standard InChI is InChI=1S/C24H31N5O7S.2H2/c1-3-35-18-10-11-19-20(16-18)37-24(25-19)26-21(30)17-27-12-14-28(15-13-27)22(31)8-6-4-5-7-9-23(32)29(33)36-34-2;;/h1,10-11,16,33H,4-9,12-15,17H2,2H3,(H,25,26,30);2*1H. The maximum atomic E-state index is 12.5. The number of aromatic nitrogens is 1. The molecule has 0 spiro atoms. The summed E-state index contributed by atoms with van der Waals surface area (Å²) >= 11 is 1.35. The quantitative estimate of drug-likeness (QED) is 0.130. The minimum absolute atomic E-state index is 0. The SMILES string of the molecule is C#COc1ccc2nc(NC(=O)CN3CCN(C(=O)CCCCCCC(=O)N(O)OOC)CC3)sc2c1.[HH].[HH]. The molecule has 2 aromatic rings. The average Bonchev–Trinajstić information content (AvgIpc) is 3.27. The maximum absolute atomic E-state index is 12.5. The van der Waals surface area contributed by atoms with Crippen LogP contribution >= 0.6 is 11.3 Å². The van der Waals surface area contributed by atoms with Gasteiger partial charge in [-0.1, -0.05) is 40.8 Å². The van der Waals surface area contributed by atoms with E-state index >= 15 is 0 Å². The zero-order valence-corrected chi connectivity index (χ0v) is 21.5. The van der Waals surface area contributed by atoms with Crippen LogP contribution in [0.1, 0.15) is 41.4 Å². The molecule has 1 aliphatic rings. The fourth-order valence-corrected chi connectivity index (χ4v) is 4.79. The molecule has 1 saturated heterocycles. The first-order valence-electron chi connectivity index (χ1n) is 11.9. The van der Waals surface area contributed by atoms with E-state index in [4.69, 9.17) is 11.2 Å². The normalized spacial score (nSPS) is 13.8. The first-order chi connectivity index (χ1) is 17.9. The molecule has 0 bridgehead atoms. The monoisotopic (exact) mass is 537 g/mol. The summed E-state index contributed by atoms with van der Waals surface area (Å²) in [5.74, 6) is -0.105. The minimum Gasteiger partial charge on any atom is -0.408 e. The Morgan fingerprint density at radius 3 is 2.62 bits per heavy atom. The van der Waals surface area contributed by atoms with Crippen LogP contribution in [0.15, 0.2) is 18.2 Å². The Bertz CT molecular complexity index is 1120. The third-order valence-corrected chi connectivity index (χ3v) is 6.70. The molecule has 3 rings (SSSR count). The number of unbranched alkanes of at least 4 members (excludes halogenated alkanes) is 3. The molecule has 13 heteroatoms. The van der Waals surface area contributed by atoms with E-state index in [1.165, 1.54) is 18.4 Å². The molecule has 0 radical (unpaired) electrons. The summed E-state index contributed by atoms with van der Waals surface area (Å²) in [6, 6.07) is 5.29. The Morgan fingerprint density at radius 1 is 1.19 bits per heavy atom. The molecular formula is C24H35N5O7S. The van der Waals surface area contributed by atoms with Gasteiger partial charge in [-0.2, -0.15) is 0 Å². The van der Waals surface area contributed by atoms with Crippen LogP contribution in [0.5, 0.6) is 5.75 Å². The fraction of sp³-hybridized carbons (Fsp3) is 0.500. The van der Waals surface area contributed by atoms with E-state index in [9.17, 15) is 19.6 Å². The van der Waals surface area contributed by atoms with Crippen LogP contribution < -0.4 is 10.1 Å². The van der Waals surface area contributed by atoms with Crippen LogP contribution in [0.2, 0.25) is 0 Å². The van der Waals surface area contributed by atoms with Gasteiger partial charge in [0.25, 0.3) is 5.91 Å². The lowest BCUT2D eigenvalue weighted by Crippen LogP contribution is -2.50. The average molecular weight is 538 g/mol. The zero-order chi connectivity index (χ0) is 26.6. The van der Waals surface area contributed by atoms with Gasteiger partial charge in [0, 0.05) is 47.9 Å². The highest BCUT2D eigenvalue weighted by Crippen LogP contribution is 2.29. The number of nitrogens with one attached hydrogen (secondary N) is 1. The highest BCUT2D eigenvalue weighted by molar-refractivity contribution is 7.22. The summed E-state index contributed by atoms with van der Waals surface area (Å²) in [5.41, 5.74) is 0.749. The van der Waals surface area contributed by atoms with E-state index in [2.05, 4.69) is 26.3 Å². The number of amides is 3. The molecule has 0 unspecified atom stereocenters. The first-order valence-corrected chi connectivity index (χ1v) is 12.8. The van der Waals surface area contributed by atoms with Gasteiger partial charge in [-0.25, -0.2) is 9.87 Å². The second-order valence-electron chi connectivity index (χ2n) is 8.40. The largest absolute Gasteiger partial charge is 0.408 e. The smallest absolute Gasteiger partial charge is 0.276 e. The molecule has 0 atom stereocenters. The molecule has 1 fully saturated rings. The molecule has 1 aliphatic heterocycles. The van der Waals surface area contributed by atoms with Crippen molar-refractivity contribution in [3.63, 3.8) is 0 Å². The second kappa shape index (κ2) is 14.5. The number of hydrogen-bond donors (Lipinski definition) is 2. The molecule has 37 heavy (non-hydrogen) atoms. The topological polar surface area (TPSA) is 134 Å². The molecule has 12 nitrogen and oxygen atoms in total. The van der Waals surface area contributed by atoms with Crippen molar-refractivity contribution in [3.8, 4) is 18.3 Å². The highest BCUT2D eigenvalue weighted by atomic mass is 32.1. The van der Waals surface area contributed by atoms with E-state index in [0.29, 0.717) is 49.9 Å². The number of anilines is 1. The number of piperazine rings is 1. The van der Waals surface area contributed by atoms with Gasteiger partial charge in [0.05, 0.1) is 23.9 Å². The molecular weight excluding hydrogens is 502 g/mol. The van der Waals surface area contributed by atoms with Crippen molar-refractivity contribution in [2.45, 2.75) is 38.5 Å². The molecule has 2 N–H and O–H groups in total. The number of hydroxylamine groups is 2. The van der Waals surface area contributed by atoms with Crippen LogP contribution in [0.3, 0.4) is 0 Å². The Morgan fingerprint density at radius 2 is 1.92 bits per heavy atom. The zero-order valence-electron chi connectivity index (χ0n) is 20.7. The van der Waals surface area contributed by atoms with Crippen molar-refractivity contribution in [1.29, 1.82) is 0 Å². The van der Waals surface area contributed by atoms with Gasteiger partial charge < -0.3 is 15.0 Å². The Balaban J connectivity index is 0.00000380. The first kappa shape index (κ1) is 28.3. The third kappa shape index (κ3) is 8.96. The van der Waals surface area contributed by atoms with E-state index in [1.54, 1.807) is 18.2 Å². The molecule has 0 aliphatic carbocycles. The number of hydrogen-bond acceptors (Lipinski definition) is 10. The second-order valence-corrected chi connectivity index (χ2v) is 9.43. The summed E-state index contributed by atoms with van der Waals surface area (Å²) in [4.78, 5) is 53.2. The lowest BCUT2D eigenvalue weighted by Gasteiger charge is -2.34. The van der Waals surface area contributed by atoms with Gasteiger partial charge in [-0.3, -0.25) is 24.5 Å².